The maximum atomic E-state index is 12.0. The van der Waals surface area contributed by atoms with E-state index in [1.165, 1.54) is 32.9 Å². The van der Waals surface area contributed by atoms with Crippen LogP contribution in [-0.2, 0) is 9.53 Å². The molecular formula is C15H28N2O2. The van der Waals surface area contributed by atoms with Crippen molar-refractivity contribution in [2.45, 2.75) is 57.0 Å². The third kappa shape index (κ3) is 2.95. The second-order valence-electron chi connectivity index (χ2n) is 6.10. The number of rotatable bonds is 6. The number of nitrogens with one attached hydrogen (secondary N) is 1. The Labute approximate surface area is 116 Å². The van der Waals surface area contributed by atoms with E-state index in [0.717, 1.165) is 31.7 Å². The largest absolute Gasteiger partial charge is 0.468 e. The van der Waals surface area contributed by atoms with Crippen LogP contribution in [0.1, 0.15) is 45.4 Å². The number of likely N-dealkylation sites (N-methyl/N-ethyl adjacent to an activating group) is 1. The first kappa shape index (κ1) is 14.8. The van der Waals surface area contributed by atoms with Crippen molar-refractivity contribution in [1.29, 1.82) is 0 Å². The molecule has 4 nitrogen and oxygen atoms in total. The molecule has 0 aromatic heterocycles. The SMILES string of the molecule is CCN(CC1CCC1)C1CCC(NC)(C(=O)OC)C1. The number of methoxy groups -OCH3 is 1. The van der Waals surface area contributed by atoms with Crippen molar-refractivity contribution in [3.63, 3.8) is 0 Å². The zero-order valence-electron chi connectivity index (χ0n) is 12.6. The highest BCUT2D eigenvalue weighted by molar-refractivity contribution is 5.81. The van der Waals surface area contributed by atoms with Crippen LogP contribution < -0.4 is 5.32 Å². The Bertz CT molecular complexity index is 317. The van der Waals surface area contributed by atoms with Crippen molar-refractivity contribution < 1.29 is 9.53 Å². The molecule has 4 heteroatoms. The summed E-state index contributed by atoms with van der Waals surface area (Å²) in [5.74, 6) is 0.792. The van der Waals surface area contributed by atoms with Crippen molar-refractivity contribution >= 4 is 5.97 Å². The minimum atomic E-state index is -0.452. The molecule has 0 aromatic rings. The lowest BCUT2D eigenvalue weighted by molar-refractivity contribution is -0.148. The number of nitrogens with zero attached hydrogens (tertiary/aromatic N) is 1. The second kappa shape index (κ2) is 6.23. The van der Waals surface area contributed by atoms with Crippen LogP contribution >= 0.6 is 0 Å². The van der Waals surface area contributed by atoms with Crippen molar-refractivity contribution in [3.8, 4) is 0 Å². The summed E-state index contributed by atoms with van der Waals surface area (Å²) in [5.41, 5.74) is -0.452. The van der Waals surface area contributed by atoms with Gasteiger partial charge < -0.3 is 15.0 Å². The highest BCUT2D eigenvalue weighted by Gasteiger charge is 2.46. The Morgan fingerprint density at radius 1 is 1.42 bits per heavy atom. The van der Waals surface area contributed by atoms with E-state index in [2.05, 4.69) is 17.1 Å². The van der Waals surface area contributed by atoms with Crippen LogP contribution in [-0.4, -0.2) is 49.7 Å². The summed E-state index contributed by atoms with van der Waals surface area (Å²) >= 11 is 0. The summed E-state index contributed by atoms with van der Waals surface area (Å²) < 4.78 is 4.98. The smallest absolute Gasteiger partial charge is 0.326 e. The second-order valence-corrected chi connectivity index (χ2v) is 6.10. The molecule has 0 amide bonds. The van der Waals surface area contributed by atoms with Gasteiger partial charge in [0.05, 0.1) is 7.11 Å². The molecule has 2 rings (SSSR count). The maximum Gasteiger partial charge on any atom is 0.326 e. The van der Waals surface area contributed by atoms with Gasteiger partial charge in [-0.05, 0) is 51.6 Å². The number of ether oxygens (including phenoxy) is 1. The Balaban J connectivity index is 1.96. The maximum absolute atomic E-state index is 12.0. The van der Waals surface area contributed by atoms with E-state index >= 15 is 0 Å². The van der Waals surface area contributed by atoms with Crippen LogP contribution in [0.3, 0.4) is 0 Å². The molecule has 0 aromatic carbocycles. The van der Waals surface area contributed by atoms with Gasteiger partial charge in [-0.2, -0.15) is 0 Å². The van der Waals surface area contributed by atoms with E-state index in [9.17, 15) is 4.79 Å². The molecule has 19 heavy (non-hydrogen) atoms. The van der Waals surface area contributed by atoms with E-state index in [1.807, 2.05) is 7.05 Å². The number of hydrogen-bond acceptors (Lipinski definition) is 4. The van der Waals surface area contributed by atoms with Crippen molar-refractivity contribution in [1.82, 2.24) is 10.2 Å². The van der Waals surface area contributed by atoms with E-state index in [-0.39, 0.29) is 5.97 Å². The fourth-order valence-electron chi connectivity index (χ4n) is 3.58. The predicted molar refractivity (Wildman–Crippen MR) is 76.0 cm³/mol. The molecule has 1 N–H and O–H groups in total. The number of hydrogen-bond donors (Lipinski definition) is 1. The van der Waals surface area contributed by atoms with Gasteiger partial charge in [0.2, 0.25) is 0 Å². The molecule has 2 saturated carbocycles. The molecule has 0 aliphatic heterocycles. The summed E-state index contributed by atoms with van der Waals surface area (Å²) in [7, 11) is 3.36. The van der Waals surface area contributed by atoms with Crippen LogP contribution in [0.2, 0.25) is 0 Å². The van der Waals surface area contributed by atoms with Gasteiger partial charge in [-0.15, -0.1) is 0 Å². The number of carbonyl (C=O) groups excluding carboxylic acids is 1. The van der Waals surface area contributed by atoms with Crippen molar-refractivity contribution in [2.24, 2.45) is 5.92 Å². The summed E-state index contributed by atoms with van der Waals surface area (Å²) in [5, 5.41) is 3.22. The molecule has 2 aliphatic rings. The van der Waals surface area contributed by atoms with Gasteiger partial charge in [-0.25, -0.2) is 0 Å². The first-order chi connectivity index (χ1) is 9.15. The minimum absolute atomic E-state index is 0.0998. The molecule has 0 saturated heterocycles. The Kier molecular flexibility index (Phi) is 4.85. The van der Waals surface area contributed by atoms with E-state index < -0.39 is 5.54 Å². The van der Waals surface area contributed by atoms with Gasteiger partial charge in [0, 0.05) is 12.6 Å². The topological polar surface area (TPSA) is 41.6 Å². The molecule has 2 atom stereocenters. The monoisotopic (exact) mass is 268 g/mol. The summed E-state index contributed by atoms with van der Waals surface area (Å²) in [6, 6.07) is 0.525. The minimum Gasteiger partial charge on any atom is -0.468 e. The van der Waals surface area contributed by atoms with E-state index in [0.29, 0.717) is 6.04 Å². The summed E-state index contributed by atoms with van der Waals surface area (Å²) in [6.07, 6.45) is 7.04. The van der Waals surface area contributed by atoms with Crippen LogP contribution in [0.25, 0.3) is 0 Å². The van der Waals surface area contributed by atoms with Gasteiger partial charge in [0.1, 0.15) is 5.54 Å². The van der Waals surface area contributed by atoms with Crippen molar-refractivity contribution in [3.05, 3.63) is 0 Å². The lowest BCUT2D eigenvalue weighted by Crippen LogP contribution is -2.50. The van der Waals surface area contributed by atoms with Gasteiger partial charge in [0.15, 0.2) is 0 Å². The average molecular weight is 268 g/mol. The Morgan fingerprint density at radius 2 is 2.16 bits per heavy atom. The fourth-order valence-corrected chi connectivity index (χ4v) is 3.58. The first-order valence-electron chi connectivity index (χ1n) is 7.66. The predicted octanol–water partition coefficient (Wildman–Crippen LogP) is 1.79. The van der Waals surface area contributed by atoms with Gasteiger partial charge >= 0.3 is 5.97 Å². The molecule has 2 unspecified atom stereocenters. The molecular weight excluding hydrogens is 240 g/mol. The third-order valence-electron chi connectivity index (χ3n) is 5.18. The van der Waals surface area contributed by atoms with E-state index in [1.54, 1.807) is 0 Å². The number of esters is 1. The van der Waals surface area contributed by atoms with Crippen LogP contribution in [0.4, 0.5) is 0 Å². The molecule has 0 radical (unpaired) electrons. The molecule has 0 bridgehead atoms. The van der Waals surface area contributed by atoms with Crippen LogP contribution in [0.15, 0.2) is 0 Å². The van der Waals surface area contributed by atoms with Crippen LogP contribution in [0, 0.1) is 5.92 Å². The highest BCUT2D eigenvalue weighted by atomic mass is 16.5. The molecule has 110 valence electrons. The van der Waals surface area contributed by atoms with Gasteiger partial charge in [-0.3, -0.25) is 4.79 Å². The third-order valence-corrected chi connectivity index (χ3v) is 5.18. The molecule has 2 aliphatic carbocycles. The van der Waals surface area contributed by atoms with Gasteiger partial charge in [-0.1, -0.05) is 13.3 Å². The van der Waals surface area contributed by atoms with Crippen LogP contribution in [0.5, 0.6) is 0 Å². The standard InChI is InChI=1S/C15H28N2O2/c1-4-17(11-12-6-5-7-12)13-8-9-15(10-13,16-2)14(18)19-3/h12-13,16H,4-11H2,1-3H3. The highest BCUT2D eigenvalue weighted by Crippen LogP contribution is 2.36. The first-order valence-corrected chi connectivity index (χ1v) is 7.66. The average Bonchev–Trinajstić information content (AvgIpc) is 2.82. The number of carbonyl (C=O) groups is 1. The zero-order valence-corrected chi connectivity index (χ0v) is 12.6. The Morgan fingerprint density at radius 3 is 2.63 bits per heavy atom. The normalized spacial score (nSPS) is 31.5. The quantitative estimate of drug-likeness (QED) is 0.746. The molecule has 2 fully saturated rings. The Hall–Kier alpha value is -0.610. The summed E-state index contributed by atoms with van der Waals surface area (Å²) in [4.78, 5) is 14.6. The molecule has 0 spiro atoms. The van der Waals surface area contributed by atoms with Crippen molar-refractivity contribution in [2.75, 3.05) is 27.2 Å². The fraction of sp³-hybridized carbons (Fsp3) is 0.933. The summed E-state index contributed by atoms with van der Waals surface area (Å²) in [6.45, 7) is 4.53. The molecule has 0 heterocycles. The van der Waals surface area contributed by atoms with Gasteiger partial charge in [0.25, 0.3) is 0 Å². The lowest BCUT2D eigenvalue weighted by Gasteiger charge is -2.36. The van der Waals surface area contributed by atoms with E-state index in [4.69, 9.17) is 4.74 Å². The zero-order chi connectivity index (χ0) is 13.9. The lowest BCUT2D eigenvalue weighted by atomic mass is 9.84.